The maximum Gasteiger partial charge on any atom is 0.416 e. The molecule has 0 radical (unpaired) electrons. The summed E-state index contributed by atoms with van der Waals surface area (Å²) >= 11 is 0. The fraction of sp³-hybridized carbons (Fsp3) is 0.0952. The summed E-state index contributed by atoms with van der Waals surface area (Å²) in [6.07, 6.45) is -3.01. The van der Waals surface area contributed by atoms with Crippen molar-refractivity contribution < 1.29 is 17.6 Å². The number of fused-ring (bicyclic) bond motifs is 1. The molecule has 4 rings (SSSR count). The van der Waals surface area contributed by atoms with Crippen LogP contribution in [0.1, 0.15) is 11.1 Å². The van der Waals surface area contributed by atoms with Crippen LogP contribution in [0.5, 0.6) is 0 Å². The molecule has 0 bridgehead atoms. The number of nitrogens with zero attached hydrogens (tertiary/aromatic N) is 3. The van der Waals surface area contributed by atoms with Crippen LogP contribution in [0.15, 0.2) is 65.6 Å². The van der Waals surface area contributed by atoms with Gasteiger partial charge >= 0.3 is 6.18 Å². The van der Waals surface area contributed by atoms with Crippen LogP contribution >= 0.6 is 0 Å². The normalized spacial score (nSPS) is 11.8. The lowest BCUT2D eigenvalue weighted by atomic mass is 10.0. The molecule has 8 heteroatoms. The van der Waals surface area contributed by atoms with E-state index >= 15 is 0 Å². The Morgan fingerprint density at radius 3 is 2.41 bits per heavy atom. The van der Waals surface area contributed by atoms with Gasteiger partial charge < -0.3 is 0 Å². The molecular formula is C21H13F4N3O. The van der Waals surface area contributed by atoms with Crippen molar-refractivity contribution in [2.24, 2.45) is 0 Å². The lowest BCUT2D eigenvalue weighted by Crippen LogP contribution is -2.22. The van der Waals surface area contributed by atoms with Gasteiger partial charge in [0.15, 0.2) is 0 Å². The molecule has 0 fully saturated rings. The Hall–Kier alpha value is -3.55. The van der Waals surface area contributed by atoms with Gasteiger partial charge in [-0.05, 0) is 55.0 Å². The van der Waals surface area contributed by atoms with E-state index in [2.05, 4.69) is 10.1 Å². The molecule has 146 valence electrons. The minimum Gasteiger partial charge on any atom is -0.267 e. The Morgan fingerprint density at radius 1 is 1.00 bits per heavy atom. The average molecular weight is 399 g/mol. The molecule has 0 aliphatic rings. The van der Waals surface area contributed by atoms with Crippen molar-refractivity contribution in [3.05, 3.63) is 88.1 Å². The van der Waals surface area contributed by atoms with Gasteiger partial charge in [0.1, 0.15) is 17.0 Å². The second-order valence-corrected chi connectivity index (χ2v) is 6.53. The van der Waals surface area contributed by atoms with Gasteiger partial charge in [-0.25, -0.2) is 4.39 Å². The van der Waals surface area contributed by atoms with Gasteiger partial charge in [-0.15, -0.1) is 0 Å². The molecule has 0 amide bonds. The summed E-state index contributed by atoms with van der Waals surface area (Å²) in [4.78, 5) is 17.2. The number of aryl methyl sites for hydroxylation is 1. The highest BCUT2D eigenvalue weighted by molar-refractivity contribution is 5.91. The largest absolute Gasteiger partial charge is 0.416 e. The molecule has 2 aromatic carbocycles. The Bertz CT molecular complexity index is 1280. The predicted octanol–water partition coefficient (Wildman–Crippen LogP) is 4.91. The van der Waals surface area contributed by atoms with Gasteiger partial charge in [-0.1, -0.05) is 12.1 Å². The molecule has 0 atom stereocenters. The Labute approximate surface area is 162 Å². The van der Waals surface area contributed by atoms with Gasteiger partial charge in [0.2, 0.25) is 0 Å². The van der Waals surface area contributed by atoms with Crippen LogP contribution in [0.4, 0.5) is 17.6 Å². The van der Waals surface area contributed by atoms with Crippen LogP contribution in [0.3, 0.4) is 0 Å². The van der Waals surface area contributed by atoms with E-state index in [4.69, 9.17) is 0 Å². The lowest BCUT2D eigenvalue weighted by Gasteiger charge is -2.13. The first-order valence-corrected chi connectivity index (χ1v) is 8.57. The van der Waals surface area contributed by atoms with E-state index in [-0.39, 0.29) is 27.8 Å². The minimum absolute atomic E-state index is 0.120. The standard InChI is InChI=1S/C21H13F4N3O/c1-12-9-17-19(26-11-12)18(13-3-2-4-14(10-13)21(23,24)25)27-28(20(17)29)16-7-5-15(22)6-8-16/h2-11H,1H3. The van der Waals surface area contributed by atoms with Crippen LogP contribution in [-0.2, 0) is 6.18 Å². The molecule has 0 aliphatic heterocycles. The highest BCUT2D eigenvalue weighted by Gasteiger charge is 2.31. The third kappa shape index (κ3) is 3.49. The quantitative estimate of drug-likeness (QED) is 0.450. The summed E-state index contributed by atoms with van der Waals surface area (Å²) in [5.74, 6) is -0.488. The van der Waals surface area contributed by atoms with E-state index < -0.39 is 23.1 Å². The number of pyridine rings is 1. The Kier molecular flexibility index (Phi) is 4.41. The van der Waals surface area contributed by atoms with Crippen LogP contribution in [0.25, 0.3) is 27.8 Å². The zero-order valence-corrected chi connectivity index (χ0v) is 15.0. The highest BCUT2D eigenvalue weighted by Crippen LogP contribution is 2.33. The summed E-state index contributed by atoms with van der Waals surface area (Å²) < 4.78 is 53.8. The Morgan fingerprint density at radius 2 is 1.72 bits per heavy atom. The number of halogens is 4. The number of benzene rings is 2. The van der Waals surface area contributed by atoms with Gasteiger partial charge in [0.05, 0.1) is 16.6 Å². The van der Waals surface area contributed by atoms with E-state index in [1.54, 1.807) is 13.0 Å². The molecule has 0 aliphatic carbocycles. The van der Waals surface area contributed by atoms with E-state index in [1.807, 2.05) is 0 Å². The molecular weight excluding hydrogens is 386 g/mol. The first-order valence-electron chi connectivity index (χ1n) is 8.57. The average Bonchev–Trinajstić information content (AvgIpc) is 2.69. The van der Waals surface area contributed by atoms with Crippen molar-refractivity contribution in [2.45, 2.75) is 13.1 Å². The van der Waals surface area contributed by atoms with Crippen molar-refractivity contribution in [1.29, 1.82) is 0 Å². The second kappa shape index (κ2) is 6.80. The topological polar surface area (TPSA) is 47.8 Å². The SMILES string of the molecule is Cc1cnc2c(-c3cccc(C(F)(F)F)c3)nn(-c3ccc(F)cc3)c(=O)c2c1. The first-order chi connectivity index (χ1) is 13.7. The zero-order chi connectivity index (χ0) is 20.8. The molecule has 0 spiro atoms. The summed E-state index contributed by atoms with van der Waals surface area (Å²) in [7, 11) is 0. The van der Waals surface area contributed by atoms with E-state index in [1.165, 1.54) is 42.6 Å². The number of hydrogen-bond acceptors (Lipinski definition) is 3. The van der Waals surface area contributed by atoms with Crippen LogP contribution in [0, 0.1) is 12.7 Å². The van der Waals surface area contributed by atoms with Gasteiger partial charge in [-0.2, -0.15) is 23.0 Å². The molecule has 2 aromatic heterocycles. The maximum absolute atomic E-state index is 13.3. The van der Waals surface area contributed by atoms with Gasteiger partial charge in [0.25, 0.3) is 5.56 Å². The maximum atomic E-state index is 13.3. The number of rotatable bonds is 2. The smallest absolute Gasteiger partial charge is 0.267 e. The number of alkyl halides is 3. The van der Waals surface area contributed by atoms with Crippen LogP contribution < -0.4 is 5.56 Å². The molecule has 0 saturated heterocycles. The number of hydrogen-bond donors (Lipinski definition) is 0. The summed E-state index contributed by atoms with van der Waals surface area (Å²) in [6, 6.07) is 11.3. The molecule has 0 saturated carbocycles. The molecule has 4 aromatic rings. The monoisotopic (exact) mass is 399 g/mol. The summed E-state index contributed by atoms with van der Waals surface area (Å²) in [5, 5.41) is 4.48. The zero-order valence-electron chi connectivity index (χ0n) is 15.0. The molecule has 0 N–H and O–H groups in total. The van der Waals surface area contributed by atoms with E-state index in [9.17, 15) is 22.4 Å². The van der Waals surface area contributed by atoms with Gasteiger partial charge in [0, 0.05) is 11.8 Å². The van der Waals surface area contributed by atoms with Gasteiger partial charge in [-0.3, -0.25) is 9.78 Å². The molecule has 4 nitrogen and oxygen atoms in total. The van der Waals surface area contributed by atoms with Crippen molar-refractivity contribution in [3.8, 4) is 16.9 Å². The van der Waals surface area contributed by atoms with Crippen molar-refractivity contribution in [3.63, 3.8) is 0 Å². The summed E-state index contributed by atoms with van der Waals surface area (Å²) in [5.41, 5.74) is 0.134. The third-order valence-corrected chi connectivity index (χ3v) is 4.41. The lowest BCUT2D eigenvalue weighted by molar-refractivity contribution is -0.137. The van der Waals surface area contributed by atoms with Crippen molar-refractivity contribution in [2.75, 3.05) is 0 Å². The first kappa shape index (κ1) is 18.8. The van der Waals surface area contributed by atoms with Crippen molar-refractivity contribution >= 4 is 10.9 Å². The molecule has 29 heavy (non-hydrogen) atoms. The van der Waals surface area contributed by atoms with Crippen LogP contribution in [0.2, 0.25) is 0 Å². The van der Waals surface area contributed by atoms with Crippen molar-refractivity contribution in [1.82, 2.24) is 14.8 Å². The van der Waals surface area contributed by atoms with Crippen LogP contribution in [-0.4, -0.2) is 14.8 Å². The summed E-state index contributed by atoms with van der Waals surface area (Å²) in [6.45, 7) is 1.75. The Balaban J connectivity index is 2.05. The fourth-order valence-corrected chi connectivity index (χ4v) is 3.02. The highest BCUT2D eigenvalue weighted by atomic mass is 19.4. The predicted molar refractivity (Wildman–Crippen MR) is 100 cm³/mol. The fourth-order valence-electron chi connectivity index (χ4n) is 3.02. The minimum atomic E-state index is -4.53. The third-order valence-electron chi connectivity index (χ3n) is 4.41. The van der Waals surface area contributed by atoms with E-state index in [0.717, 1.165) is 16.8 Å². The van der Waals surface area contributed by atoms with E-state index in [0.29, 0.717) is 5.56 Å². The number of aromatic nitrogens is 3. The molecule has 2 heterocycles. The second-order valence-electron chi connectivity index (χ2n) is 6.53. The molecule has 0 unspecified atom stereocenters.